The molecule has 0 aromatic rings. The van der Waals surface area contributed by atoms with Gasteiger partial charge in [-0.05, 0) is 6.92 Å². The molecule has 0 saturated heterocycles. The summed E-state index contributed by atoms with van der Waals surface area (Å²) in [5.74, 6) is -0.897. The van der Waals surface area contributed by atoms with Gasteiger partial charge in [0.25, 0.3) is 0 Å². The number of hydrogen-bond acceptors (Lipinski definition) is 4. The van der Waals surface area contributed by atoms with Crippen molar-refractivity contribution in [2.75, 3.05) is 18.1 Å². The smallest absolute Gasteiger partial charge is 0.320 e. The minimum absolute atomic E-state index is 0.0128. The normalized spacial score (nSPS) is 14.0. The summed E-state index contributed by atoms with van der Waals surface area (Å²) >= 11 is 0. The van der Waals surface area contributed by atoms with Gasteiger partial charge in [-0.3, -0.25) is 4.79 Å². The second-order valence-electron chi connectivity index (χ2n) is 2.75. The molecule has 0 heterocycles. The Bertz CT molecular complexity index is 260. The SMILES string of the molecule is CCS(=O)(=O)CCNC(C)C(=O)O. The van der Waals surface area contributed by atoms with E-state index >= 15 is 0 Å². The molecule has 5 nitrogen and oxygen atoms in total. The number of rotatable bonds is 6. The van der Waals surface area contributed by atoms with E-state index in [9.17, 15) is 13.2 Å². The van der Waals surface area contributed by atoms with Crippen LogP contribution in [0.2, 0.25) is 0 Å². The maximum absolute atomic E-state index is 11.0. The van der Waals surface area contributed by atoms with E-state index in [0.29, 0.717) is 0 Å². The van der Waals surface area contributed by atoms with Crippen molar-refractivity contribution >= 4 is 15.8 Å². The summed E-state index contributed by atoms with van der Waals surface area (Å²) in [4.78, 5) is 10.3. The van der Waals surface area contributed by atoms with Crippen molar-refractivity contribution in [2.24, 2.45) is 0 Å². The second-order valence-corrected chi connectivity index (χ2v) is 5.22. The van der Waals surface area contributed by atoms with Gasteiger partial charge in [-0.2, -0.15) is 0 Å². The predicted octanol–water partition coefficient (Wildman–Crippen LogP) is -0.516. The molecule has 0 aliphatic heterocycles. The standard InChI is InChI=1S/C7H15NO4S/c1-3-13(11,12)5-4-8-6(2)7(9)10/h6,8H,3-5H2,1-2H3,(H,9,10). The summed E-state index contributed by atoms with van der Waals surface area (Å²) in [6.45, 7) is 3.22. The summed E-state index contributed by atoms with van der Waals surface area (Å²) in [6, 6.07) is -0.702. The highest BCUT2D eigenvalue weighted by Gasteiger charge is 2.11. The third-order valence-electron chi connectivity index (χ3n) is 1.67. The highest BCUT2D eigenvalue weighted by atomic mass is 32.2. The number of sulfone groups is 1. The first-order valence-electron chi connectivity index (χ1n) is 4.05. The number of nitrogens with one attached hydrogen (secondary N) is 1. The van der Waals surface area contributed by atoms with Crippen LogP contribution >= 0.6 is 0 Å². The summed E-state index contributed by atoms with van der Waals surface area (Å²) < 4.78 is 21.9. The van der Waals surface area contributed by atoms with Gasteiger partial charge in [0.1, 0.15) is 6.04 Å². The number of hydrogen-bond donors (Lipinski definition) is 2. The number of carboxylic acids is 1. The number of aliphatic carboxylic acids is 1. The van der Waals surface area contributed by atoms with Gasteiger partial charge in [0, 0.05) is 12.3 Å². The van der Waals surface area contributed by atoms with Gasteiger partial charge in [0.2, 0.25) is 0 Å². The van der Waals surface area contributed by atoms with Crippen LogP contribution in [-0.4, -0.2) is 43.6 Å². The summed E-state index contributed by atoms with van der Waals surface area (Å²) in [5, 5.41) is 11.1. The highest BCUT2D eigenvalue weighted by Crippen LogP contribution is 1.88. The van der Waals surface area contributed by atoms with E-state index in [1.54, 1.807) is 6.92 Å². The van der Waals surface area contributed by atoms with Crippen LogP contribution in [0, 0.1) is 0 Å². The Balaban J connectivity index is 3.75. The third-order valence-corrected chi connectivity index (χ3v) is 3.38. The van der Waals surface area contributed by atoms with Crippen molar-refractivity contribution < 1.29 is 18.3 Å². The molecule has 0 fully saturated rings. The lowest BCUT2D eigenvalue weighted by Crippen LogP contribution is -2.36. The van der Waals surface area contributed by atoms with E-state index in [1.807, 2.05) is 0 Å². The fraction of sp³-hybridized carbons (Fsp3) is 0.857. The van der Waals surface area contributed by atoms with Gasteiger partial charge < -0.3 is 10.4 Å². The van der Waals surface area contributed by atoms with Gasteiger partial charge in [-0.15, -0.1) is 0 Å². The maximum atomic E-state index is 11.0. The zero-order chi connectivity index (χ0) is 10.5. The second kappa shape index (κ2) is 5.18. The number of carboxylic acid groups (broad SMARTS) is 1. The molecule has 6 heteroatoms. The molecule has 0 rings (SSSR count). The fourth-order valence-electron chi connectivity index (χ4n) is 0.663. The minimum Gasteiger partial charge on any atom is -0.480 e. The molecular formula is C7H15NO4S. The molecule has 13 heavy (non-hydrogen) atoms. The average Bonchev–Trinajstić information content (AvgIpc) is 2.04. The molecule has 1 atom stereocenters. The van der Waals surface area contributed by atoms with E-state index in [2.05, 4.69) is 5.32 Å². The van der Waals surface area contributed by atoms with Gasteiger partial charge in [0.15, 0.2) is 9.84 Å². The molecule has 0 radical (unpaired) electrons. The minimum atomic E-state index is -3.00. The first-order valence-corrected chi connectivity index (χ1v) is 5.88. The van der Waals surface area contributed by atoms with E-state index in [4.69, 9.17) is 5.11 Å². The maximum Gasteiger partial charge on any atom is 0.320 e. The Kier molecular flexibility index (Phi) is 4.94. The molecular weight excluding hydrogens is 194 g/mol. The van der Waals surface area contributed by atoms with Gasteiger partial charge in [-0.1, -0.05) is 6.92 Å². The summed E-state index contributed by atoms with van der Waals surface area (Å²) in [6.07, 6.45) is 0. The Labute approximate surface area is 78.1 Å². The van der Waals surface area contributed by atoms with Crippen LogP contribution in [-0.2, 0) is 14.6 Å². The van der Waals surface area contributed by atoms with Gasteiger partial charge in [0.05, 0.1) is 5.75 Å². The predicted molar refractivity (Wildman–Crippen MR) is 49.4 cm³/mol. The van der Waals surface area contributed by atoms with Gasteiger partial charge >= 0.3 is 5.97 Å². The van der Waals surface area contributed by atoms with E-state index in [-0.39, 0.29) is 18.1 Å². The zero-order valence-electron chi connectivity index (χ0n) is 7.78. The Morgan fingerprint density at radius 2 is 2.08 bits per heavy atom. The van der Waals surface area contributed by atoms with Crippen molar-refractivity contribution in [3.05, 3.63) is 0 Å². The molecule has 0 spiro atoms. The molecule has 0 aromatic carbocycles. The van der Waals surface area contributed by atoms with Crippen molar-refractivity contribution in [2.45, 2.75) is 19.9 Å². The van der Waals surface area contributed by atoms with E-state index in [1.165, 1.54) is 6.92 Å². The molecule has 1 unspecified atom stereocenters. The van der Waals surface area contributed by atoms with Crippen LogP contribution in [0.5, 0.6) is 0 Å². The van der Waals surface area contributed by atoms with Crippen LogP contribution in [0.15, 0.2) is 0 Å². The lowest BCUT2D eigenvalue weighted by Gasteiger charge is -2.08. The van der Waals surface area contributed by atoms with E-state index in [0.717, 1.165) is 0 Å². The van der Waals surface area contributed by atoms with Crippen LogP contribution in [0.25, 0.3) is 0 Å². The lowest BCUT2D eigenvalue weighted by atomic mass is 10.3. The quantitative estimate of drug-likeness (QED) is 0.615. The van der Waals surface area contributed by atoms with Crippen LogP contribution in [0.1, 0.15) is 13.8 Å². The molecule has 0 saturated carbocycles. The molecule has 2 N–H and O–H groups in total. The Morgan fingerprint density at radius 3 is 2.46 bits per heavy atom. The van der Waals surface area contributed by atoms with Gasteiger partial charge in [-0.25, -0.2) is 8.42 Å². The Morgan fingerprint density at radius 1 is 1.54 bits per heavy atom. The van der Waals surface area contributed by atoms with E-state index < -0.39 is 21.8 Å². The molecule has 0 bridgehead atoms. The third kappa shape index (κ3) is 5.59. The first-order chi connectivity index (χ1) is 5.89. The van der Waals surface area contributed by atoms with Crippen molar-refractivity contribution in [3.63, 3.8) is 0 Å². The monoisotopic (exact) mass is 209 g/mol. The lowest BCUT2D eigenvalue weighted by molar-refractivity contribution is -0.138. The largest absolute Gasteiger partial charge is 0.480 e. The average molecular weight is 209 g/mol. The summed E-state index contributed by atoms with van der Waals surface area (Å²) in [5.41, 5.74) is 0. The van der Waals surface area contributed by atoms with Crippen molar-refractivity contribution in [1.29, 1.82) is 0 Å². The molecule has 0 aliphatic rings. The topological polar surface area (TPSA) is 83.5 Å². The van der Waals surface area contributed by atoms with Crippen LogP contribution in [0.4, 0.5) is 0 Å². The molecule has 0 aromatic heterocycles. The Hall–Kier alpha value is -0.620. The van der Waals surface area contributed by atoms with Crippen LogP contribution in [0.3, 0.4) is 0 Å². The highest BCUT2D eigenvalue weighted by molar-refractivity contribution is 7.91. The summed E-state index contributed by atoms with van der Waals surface area (Å²) in [7, 11) is -3.00. The van der Waals surface area contributed by atoms with Crippen LogP contribution < -0.4 is 5.32 Å². The molecule has 0 amide bonds. The molecule has 0 aliphatic carbocycles. The fourth-order valence-corrected chi connectivity index (χ4v) is 1.38. The van der Waals surface area contributed by atoms with Crippen molar-refractivity contribution in [3.8, 4) is 0 Å². The van der Waals surface area contributed by atoms with Crippen molar-refractivity contribution in [1.82, 2.24) is 5.32 Å². The zero-order valence-corrected chi connectivity index (χ0v) is 8.60. The number of carbonyl (C=O) groups is 1. The molecule has 78 valence electrons. The first kappa shape index (κ1) is 12.4.